The van der Waals surface area contributed by atoms with E-state index in [9.17, 15) is 4.79 Å². The number of alkyl carbamates (subject to hydrolysis) is 1. The van der Waals surface area contributed by atoms with Gasteiger partial charge in [-0.05, 0) is 117 Å². The minimum Gasteiger partial charge on any atom is -0.489 e. The van der Waals surface area contributed by atoms with Gasteiger partial charge in [0.2, 0.25) is 0 Å². The molecule has 1 N–H and O–H groups in total. The first-order valence-corrected chi connectivity index (χ1v) is 15.2. The van der Waals surface area contributed by atoms with Gasteiger partial charge < -0.3 is 24.3 Å². The first-order chi connectivity index (χ1) is 17.9. The first kappa shape index (κ1) is 29.4. The van der Waals surface area contributed by atoms with Crippen molar-refractivity contribution in [1.29, 1.82) is 0 Å². The van der Waals surface area contributed by atoms with Crippen LogP contribution in [-0.2, 0) is 19.7 Å². The quantitative estimate of drug-likeness (QED) is 0.311. The molecule has 7 heteroatoms. The molecule has 0 bridgehead atoms. The number of ether oxygens (including phenoxy) is 4. The number of benzene rings is 2. The third kappa shape index (κ3) is 7.33. The number of carbonyl (C=O) groups is 1. The van der Waals surface area contributed by atoms with Gasteiger partial charge in [0.1, 0.15) is 16.9 Å². The van der Waals surface area contributed by atoms with Gasteiger partial charge in [-0.25, -0.2) is 4.79 Å². The second-order valence-corrected chi connectivity index (χ2v) is 13.5. The number of nitrogens with one attached hydrogen (secondary N) is 1. The van der Waals surface area contributed by atoms with Crippen LogP contribution in [0.5, 0.6) is 5.75 Å². The fourth-order valence-corrected chi connectivity index (χ4v) is 6.16. The highest BCUT2D eigenvalue weighted by Crippen LogP contribution is 2.38. The van der Waals surface area contributed by atoms with Gasteiger partial charge in [0, 0.05) is 0 Å². The van der Waals surface area contributed by atoms with E-state index < -0.39 is 23.0 Å². The summed E-state index contributed by atoms with van der Waals surface area (Å²) in [6, 6.07) is 10.5. The van der Waals surface area contributed by atoms with Crippen LogP contribution in [0.3, 0.4) is 0 Å². The average molecular weight is 638 g/mol. The van der Waals surface area contributed by atoms with E-state index in [4.69, 9.17) is 18.9 Å². The predicted octanol–water partition coefficient (Wildman–Crippen LogP) is 8.08. The van der Waals surface area contributed by atoms with Gasteiger partial charge in [-0.1, -0.05) is 44.4 Å². The number of carbonyl (C=O) groups excluding carboxylic acids is 1. The molecule has 38 heavy (non-hydrogen) atoms. The Hall–Kier alpha value is -1.58. The molecule has 1 saturated heterocycles. The summed E-state index contributed by atoms with van der Waals surface area (Å²) in [5.74, 6) is 1.10. The Kier molecular flexibility index (Phi) is 9.20. The predicted molar refractivity (Wildman–Crippen MR) is 160 cm³/mol. The Bertz CT molecular complexity index is 1110. The highest BCUT2D eigenvalue weighted by atomic mass is 127. The van der Waals surface area contributed by atoms with Crippen molar-refractivity contribution < 1.29 is 23.7 Å². The summed E-state index contributed by atoms with van der Waals surface area (Å²) >= 11 is 2.40. The van der Waals surface area contributed by atoms with Gasteiger partial charge in [0.25, 0.3) is 0 Å². The summed E-state index contributed by atoms with van der Waals surface area (Å²) < 4.78 is 25.3. The monoisotopic (exact) mass is 637 g/mol. The van der Waals surface area contributed by atoms with E-state index in [-0.39, 0.29) is 13.2 Å². The SMILES string of the molecule is CCCCC1CCC(Oc2ccc3cc(C4(NC(=O)OC(C)(C)C)COC(C)(C)OC4)ccc3c2I)CC1. The Morgan fingerprint density at radius 2 is 1.76 bits per heavy atom. The zero-order valence-electron chi connectivity index (χ0n) is 23.8. The van der Waals surface area contributed by atoms with Crippen LogP contribution in [0.1, 0.15) is 92.1 Å². The molecule has 0 unspecified atom stereocenters. The summed E-state index contributed by atoms with van der Waals surface area (Å²) in [6.45, 7) is 12.2. The Morgan fingerprint density at radius 3 is 2.39 bits per heavy atom. The standard InChI is InChI=1S/C31H44INO5/c1-7-8-9-21-10-14-24(15-11-21)37-26-17-12-22-18-23(13-16-25(22)27(26)32)31(19-35-30(5,6)36-20-31)33-28(34)38-29(2,3)4/h12-13,16-18,21,24H,7-11,14-15,19-20H2,1-6H3,(H,33,34). The second-order valence-electron chi connectivity index (χ2n) is 12.4. The van der Waals surface area contributed by atoms with Crippen molar-refractivity contribution in [2.24, 2.45) is 5.92 Å². The number of rotatable bonds is 7. The lowest BCUT2D eigenvalue weighted by molar-refractivity contribution is -0.272. The third-order valence-electron chi connectivity index (χ3n) is 7.60. The maximum atomic E-state index is 12.8. The molecule has 0 aromatic heterocycles. The normalized spacial score (nSPS) is 23.1. The zero-order chi connectivity index (χ0) is 27.6. The molecular weight excluding hydrogens is 593 g/mol. The Morgan fingerprint density at radius 1 is 1.08 bits per heavy atom. The highest BCUT2D eigenvalue weighted by molar-refractivity contribution is 14.1. The van der Waals surface area contributed by atoms with Crippen LogP contribution < -0.4 is 10.1 Å². The number of hydrogen-bond donors (Lipinski definition) is 1. The molecule has 1 aliphatic heterocycles. The van der Waals surface area contributed by atoms with Crippen LogP contribution in [0.15, 0.2) is 30.3 Å². The summed E-state index contributed by atoms with van der Waals surface area (Å²) in [7, 11) is 0. The van der Waals surface area contributed by atoms with E-state index in [0.717, 1.165) is 44.4 Å². The van der Waals surface area contributed by atoms with Crippen molar-refractivity contribution in [2.45, 2.75) is 110 Å². The summed E-state index contributed by atoms with van der Waals surface area (Å²) in [5.41, 5.74) is -0.546. The summed E-state index contributed by atoms with van der Waals surface area (Å²) in [5, 5.41) is 5.28. The third-order valence-corrected chi connectivity index (χ3v) is 8.71. The molecule has 4 rings (SSSR count). The van der Waals surface area contributed by atoms with Crippen LogP contribution in [-0.4, -0.2) is 36.8 Å². The van der Waals surface area contributed by atoms with Crippen LogP contribution in [0.4, 0.5) is 4.79 Å². The average Bonchev–Trinajstić information content (AvgIpc) is 2.85. The fraction of sp³-hybridized carbons (Fsp3) is 0.645. The molecule has 2 aromatic rings. The molecule has 1 amide bonds. The summed E-state index contributed by atoms with van der Waals surface area (Å²) in [6.07, 6.45) is 8.59. The number of halogens is 1. The lowest BCUT2D eigenvalue weighted by Crippen LogP contribution is -2.59. The molecule has 2 fully saturated rings. The molecule has 0 atom stereocenters. The number of fused-ring (bicyclic) bond motifs is 1. The smallest absolute Gasteiger partial charge is 0.408 e. The van der Waals surface area contributed by atoms with E-state index in [0.29, 0.717) is 6.10 Å². The van der Waals surface area contributed by atoms with Crippen molar-refractivity contribution in [1.82, 2.24) is 5.32 Å². The van der Waals surface area contributed by atoms with Crippen molar-refractivity contribution >= 4 is 39.5 Å². The van der Waals surface area contributed by atoms with Crippen molar-refractivity contribution in [2.75, 3.05) is 13.2 Å². The van der Waals surface area contributed by atoms with Crippen LogP contribution in [0.25, 0.3) is 10.8 Å². The maximum Gasteiger partial charge on any atom is 0.408 e. The lowest BCUT2D eigenvalue weighted by atomic mass is 9.84. The Balaban J connectivity index is 1.53. The second kappa shape index (κ2) is 11.9. The van der Waals surface area contributed by atoms with Crippen LogP contribution in [0, 0.1) is 9.49 Å². The first-order valence-electron chi connectivity index (χ1n) is 14.1. The van der Waals surface area contributed by atoms with Crippen LogP contribution in [0.2, 0.25) is 0 Å². The van der Waals surface area contributed by atoms with Gasteiger partial charge in [-0.2, -0.15) is 0 Å². The number of unbranched alkanes of at least 4 members (excludes halogenated alkanes) is 1. The number of hydrogen-bond acceptors (Lipinski definition) is 5. The molecule has 6 nitrogen and oxygen atoms in total. The minimum absolute atomic E-state index is 0.282. The van der Waals surface area contributed by atoms with Crippen molar-refractivity contribution in [3.05, 3.63) is 39.5 Å². The molecule has 2 aliphatic rings. The molecular formula is C31H44INO5. The highest BCUT2D eigenvalue weighted by Gasteiger charge is 2.43. The van der Waals surface area contributed by atoms with Gasteiger partial charge >= 0.3 is 6.09 Å². The van der Waals surface area contributed by atoms with Gasteiger partial charge in [0.15, 0.2) is 5.79 Å². The van der Waals surface area contributed by atoms with Gasteiger partial charge in [-0.3, -0.25) is 0 Å². The van der Waals surface area contributed by atoms with E-state index in [1.54, 1.807) is 0 Å². The zero-order valence-corrected chi connectivity index (χ0v) is 26.0. The minimum atomic E-state index is -0.858. The van der Waals surface area contributed by atoms with E-state index >= 15 is 0 Å². The molecule has 1 saturated carbocycles. The van der Waals surface area contributed by atoms with E-state index in [1.807, 2.05) is 34.6 Å². The van der Waals surface area contributed by atoms with E-state index in [2.05, 4.69) is 65.2 Å². The van der Waals surface area contributed by atoms with Crippen LogP contribution >= 0.6 is 22.6 Å². The van der Waals surface area contributed by atoms with Crippen molar-refractivity contribution in [3.8, 4) is 5.75 Å². The summed E-state index contributed by atoms with van der Waals surface area (Å²) in [4.78, 5) is 12.8. The largest absolute Gasteiger partial charge is 0.489 e. The lowest BCUT2D eigenvalue weighted by Gasteiger charge is -2.44. The molecule has 1 aliphatic carbocycles. The molecule has 0 radical (unpaired) electrons. The topological polar surface area (TPSA) is 66.0 Å². The molecule has 210 valence electrons. The molecule has 1 heterocycles. The van der Waals surface area contributed by atoms with Crippen molar-refractivity contribution in [3.63, 3.8) is 0 Å². The Labute approximate surface area is 241 Å². The van der Waals surface area contributed by atoms with Gasteiger partial charge in [-0.15, -0.1) is 0 Å². The maximum absolute atomic E-state index is 12.8. The number of amides is 1. The molecule has 0 spiro atoms. The fourth-order valence-electron chi connectivity index (χ4n) is 5.36. The van der Waals surface area contributed by atoms with E-state index in [1.165, 1.54) is 32.1 Å². The van der Waals surface area contributed by atoms with Gasteiger partial charge in [0.05, 0.1) is 22.9 Å². The molecule has 2 aromatic carbocycles.